The fourth-order valence-electron chi connectivity index (χ4n) is 1.61. The summed E-state index contributed by atoms with van der Waals surface area (Å²) in [6.45, 7) is 2.98. The number of aromatic nitrogens is 1. The molecule has 0 saturated carbocycles. The molecule has 0 aliphatic heterocycles. The van der Waals surface area contributed by atoms with Gasteiger partial charge in [-0.1, -0.05) is 18.5 Å². The highest BCUT2D eigenvalue weighted by Crippen LogP contribution is 2.32. The Morgan fingerprint density at radius 3 is 2.82 bits per heavy atom. The van der Waals surface area contributed by atoms with Crippen LogP contribution in [0.1, 0.15) is 23.5 Å². The van der Waals surface area contributed by atoms with E-state index in [9.17, 15) is 0 Å². The van der Waals surface area contributed by atoms with Gasteiger partial charge in [0.05, 0.1) is 16.8 Å². The number of hydrogen-bond acceptors (Lipinski definition) is 3. The van der Waals surface area contributed by atoms with Gasteiger partial charge in [0.25, 0.3) is 0 Å². The molecule has 2 rings (SSSR count). The van der Waals surface area contributed by atoms with Crippen LogP contribution in [0.3, 0.4) is 0 Å². The van der Waals surface area contributed by atoms with Gasteiger partial charge in [-0.3, -0.25) is 4.98 Å². The van der Waals surface area contributed by atoms with Gasteiger partial charge in [0.2, 0.25) is 0 Å². The first-order chi connectivity index (χ1) is 8.22. The zero-order chi connectivity index (χ0) is 12.3. The number of hydrogen-bond donors (Lipinski definition) is 1. The van der Waals surface area contributed by atoms with Gasteiger partial charge in [-0.2, -0.15) is 0 Å². The zero-order valence-electron chi connectivity index (χ0n) is 9.28. The lowest BCUT2D eigenvalue weighted by Gasteiger charge is -2.16. The topological polar surface area (TPSA) is 24.9 Å². The summed E-state index contributed by atoms with van der Waals surface area (Å²) in [6, 6.07) is 6.00. The van der Waals surface area contributed by atoms with E-state index in [-0.39, 0.29) is 6.04 Å². The van der Waals surface area contributed by atoms with E-state index in [1.165, 1.54) is 4.88 Å². The van der Waals surface area contributed by atoms with Gasteiger partial charge in [0, 0.05) is 15.5 Å². The van der Waals surface area contributed by atoms with Crippen molar-refractivity contribution in [2.24, 2.45) is 0 Å². The summed E-state index contributed by atoms with van der Waals surface area (Å²) in [5.74, 6) is 0. The molecule has 2 nitrogen and oxygen atoms in total. The second-order valence-electron chi connectivity index (χ2n) is 3.52. The van der Waals surface area contributed by atoms with Crippen molar-refractivity contribution < 1.29 is 0 Å². The third-order valence-electron chi connectivity index (χ3n) is 2.36. The number of nitrogens with one attached hydrogen (secondary N) is 1. The molecular weight excluding hydrogens is 320 g/mol. The molecule has 90 valence electrons. The quantitative estimate of drug-likeness (QED) is 0.905. The highest BCUT2D eigenvalue weighted by atomic mass is 79.9. The minimum atomic E-state index is 0.117. The maximum Gasteiger partial charge on any atom is 0.0856 e. The van der Waals surface area contributed by atoms with Crippen LogP contribution in [0.25, 0.3) is 0 Å². The summed E-state index contributed by atoms with van der Waals surface area (Å²) in [4.78, 5) is 5.62. The first-order valence-electron chi connectivity index (χ1n) is 5.30. The van der Waals surface area contributed by atoms with Crippen LogP contribution in [0.4, 0.5) is 0 Å². The molecule has 17 heavy (non-hydrogen) atoms. The molecule has 0 radical (unpaired) electrons. The molecule has 2 aromatic heterocycles. The van der Waals surface area contributed by atoms with E-state index < -0.39 is 0 Å². The Kier molecular flexibility index (Phi) is 4.56. The van der Waals surface area contributed by atoms with Gasteiger partial charge in [-0.25, -0.2) is 0 Å². The van der Waals surface area contributed by atoms with E-state index in [1.54, 1.807) is 17.5 Å². The Morgan fingerprint density at radius 1 is 1.47 bits per heavy atom. The van der Waals surface area contributed by atoms with Crippen LogP contribution in [-0.4, -0.2) is 11.5 Å². The summed E-state index contributed by atoms with van der Waals surface area (Å²) in [7, 11) is 0. The molecule has 0 aliphatic carbocycles. The highest BCUT2D eigenvalue weighted by molar-refractivity contribution is 9.10. The Labute approximate surface area is 118 Å². The highest BCUT2D eigenvalue weighted by Gasteiger charge is 2.18. The predicted molar refractivity (Wildman–Crippen MR) is 76.8 cm³/mol. The number of nitrogens with zero attached hydrogens (tertiary/aromatic N) is 1. The number of halogens is 2. The fourth-order valence-corrected chi connectivity index (χ4v) is 3.40. The maximum atomic E-state index is 5.86. The Hall–Kier alpha value is -0.420. The van der Waals surface area contributed by atoms with Crippen LogP contribution in [-0.2, 0) is 0 Å². The Balaban J connectivity index is 2.35. The molecule has 0 aliphatic rings. The average molecular weight is 332 g/mol. The SMILES string of the molecule is CCNC(c1ccc(Cl)cn1)c1sccc1Br. The molecule has 0 aromatic carbocycles. The molecule has 1 atom stereocenters. The molecule has 0 spiro atoms. The fraction of sp³-hybridized carbons (Fsp3) is 0.250. The van der Waals surface area contributed by atoms with E-state index >= 15 is 0 Å². The standard InChI is InChI=1S/C12H12BrClN2S/c1-2-15-11(12-9(13)5-6-17-12)10-4-3-8(14)7-16-10/h3-7,11,15H,2H2,1H3. The lowest BCUT2D eigenvalue weighted by atomic mass is 10.1. The number of rotatable bonds is 4. The number of pyridine rings is 1. The van der Waals surface area contributed by atoms with E-state index in [0.717, 1.165) is 16.7 Å². The third kappa shape index (κ3) is 3.07. The second kappa shape index (κ2) is 5.96. The van der Waals surface area contributed by atoms with Crippen molar-refractivity contribution in [2.75, 3.05) is 6.54 Å². The van der Waals surface area contributed by atoms with Crippen LogP contribution >= 0.6 is 38.9 Å². The van der Waals surface area contributed by atoms with E-state index in [1.807, 2.05) is 12.1 Å². The molecule has 1 N–H and O–H groups in total. The molecule has 1 unspecified atom stereocenters. The second-order valence-corrected chi connectivity index (χ2v) is 5.76. The normalized spacial score (nSPS) is 12.6. The van der Waals surface area contributed by atoms with Gasteiger partial charge in [0.15, 0.2) is 0 Å². The van der Waals surface area contributed by atoms with Crippen molar-refractivity contribution in [2.45, 2.75) is 13.0 Å². The van der Waals surface area contributed by atoms with Crippen molar-refractivity contribution in [3.8, 4) is 0 Å². The van der Waals surface area contributed by atoms with Crippen LogP contribution < -0.4 is 5.32 Å². The van der Waals surface area contributed by atoms with Crippen molar-refractivity contribution in [3.05, 3.63) is 49.8 Å². The molecule has 0 saturated heterocycles. The van der Waals surface area contributed by atoms with E-state index in [0.29, 0.717) is 5.02 Å². The first kappa shape index (κ1) is 13.0. The largest absolute Gasteiger partial charge is 0.305 e. The molecule has 0 bridgehead atoms. The van der Waals surface area contributed by atoms with Gasteiger partial charge in [0.1, 0.15) is 0 Å². The minimum Gasteiger partial charge on any atom is -0.305 e. The van der Waals surface area contributed by atoms with Gasteiger partial charge in [-0.15, -0.1) is 11.3 Å². The van der Waals surface area contributed by atoms with Crippen LogP contribution in [0, 0.1) is 0 Å². The lowest BCUT2D eigenvalue weighted by molar-refractivity contribution is 0.622. The van der Waals surface area contributed by atoms with E-state index in [2.05, 4.69) is 44.6 Å². The summed E-state index contributed by atoms with van der Waals surface area (Å²) in [5, 5.41) is 6.17. The molecular formula is C12H12BrClN2S. The van der Waals surface area contributed by atoms with Crippen molar-refractivity contribution in [3.63, 3.8) is 0 Å². The Morgan fingerprint density at radius 2 is 2.29 bits per heavy atom. The monoisotopic (exact) mass is 330 g/mol. The van der Waals surface area contributed by atoms with Crippen molar-refractivity contribution in [1.29, 1.82) is 0 Å². The minimum absolute atomic E-state index is 0.117. The van der Waals surface area contributed by atoms with Crippen molar-refractivity contribution >= 4 is 38.9 Å². The summed E-state index contributed by atoms with van der Waals surface area (Å²) in [6.07, 6.45) is 1.68. The smallest absolute Gasteiger partial charge is 0.0856 e. The molecule has 5 heteroatoms. The zero-order valence-corrected chi connectivity index (χ0v) is 12.4. The van der Waals surface area contributed by atoms with Crippen LogP contribution in [0.5, 0.6) is 0 Å². The molecule has 2 aromatic rings. The summed E-state index contributed by atoms with van der Waals surface area (Å²) in [5.41, 5.74) is 0.986. The van der Waals surface area contributed by atoms with Crippen molar-refractivity contribution in [1.82, 2.24) is 10.3 Å². The lowest BCUT2D eigenvalue weighted by Crippen LogP contribution is -2.22. The van der Waals surface area contributed by atoms with Gasteiger partial charge < -0.3 is 5.32 Å². The van der Waals surface area contributed by atoms with Crippen LogP contribution in [0.2, 0.25) is 5.02 Å². The van der Waals surface area contributed by atoms with Gasteiger partial charge >= 0.3 is 0 Å². The van der Waals surface area contributed by atoms with E-state index in [4.69, 9.17) is 11.6 Å². The molecule has 0 fully saturated rings. The van der Waals surface area contributed by atoms with Crippen LogP contribution in [0.15, 0.2) is 34.2 Å². The van der Waals surface area contributed by atoms with Gasteiger partial charge in [-0.05, 0) is 46.1 Å². The summed E-state index contributed by atoms with van der Waals surface area (Å²) < 4.78 is 1.12. The predicted octanol–water partition coefficient (Wildman–Crippen LogP) is 4.26. The molecule has 2 heterocycles. The maximum absolute atomic E-state index is 5.86. The first-order valence-corrected chi connectivity index (χ1v) is 7.35. The number of thiophene rings is 1. The third-order valence-corrected chi connectivity index (χ3v) is 4.52. The Bertz CT molecular complexity index is 484. The average Bonchev–Trinajstić information content (AvgIpc) is 2.74. The molecule has 0 amide bonds. The summed E-state index contributed by atoms with van der Waals surface area (Å²) >= 11 is 11.1.